The highest BCUT2D eigenvalue weighted by molar-refractivity contribution is 7.08. The van der Waals surface area contributed by atoms with Gasteiger partial charge in [0.15, 0.2) is 0 Å². The second kappa shape index (κ2) is 4.93. The fourth-order valence-electron chi connectivity index (χ4n) is 2.78. The van der Waals surface area contributed by atoms with E-state index in [0.717, 1.165) is 35.9 Å². The van der Waals surface area contributed by atoms with Crippen LogP contribution in [0.4, 0.5) is 5.82 Å². The number of hydrogen-bond acceptors (Lipinski definition) is 4. The molecule has 1 aliphatic heterocycles. The average molecular weight is 297 g/mol. The molecule has 0 saturated heterocycles. The minimum Gasteiger partial charge on any atom is -0.494 e. The van der Waals surface area contributed by atoms with Crippen LogP contribution in [-0.2, 0) is 6.42 Å². The van der Waals surface area contributed by atoms with Crippen LogP contribution in [0.3, 0.4) is 0 Å². The summed E-state index contributed by atoms with van der Waals surface area (Å²) >= 11 is 1.70. The molecule has 0 spiro atoms. The van der Waals surface area contributed by atoms with Gasteiger partial charge in [0, 0.05) is 23.1 Å². The Morgan fingerprint density at radius 3 is 3.00 bits per heavy atom. The topological polar surface area (TPSA) is 39.1 Å². The molecular weight excluding hydrogens is 282 g/mol. The van der Waals surface area contributed by atoms with Crippen molar-refractivity contribution < 1.29 is 4.74 Å². The average Bonchev–Trinajstić information content (AvgIpc) is 3.24. The smallest absolute Gasteiger partial charge is 0.144 e. The van der Waals surface area contributed by atoms with Crippen LogP contribution in [0.2, 0.25) is 0 Å². The van der Waals surface area contributed by atoms with Crippen LogP contribution in [0.1, 0.15) is 5.56 Å². The van der Waals surface area contributed by atoms with E-state index in [0.29, 0.717) is 0 Å². The Labute approximate surface area is 127 Å². The molecule has 0 saturated carbocycles. The first-order chi connectivity index (χ1) is 10.4. The van der Waals surface area contributed by atoms with Crippen molar-refractivity contribution in [3.8, 4) is 22.7 Å². The first-order valence-corrected chi connectivity index (χ1v) is 7.84. The summed E-state index contributed by atoms with van der Waals surface area (Å²) in [5.41, 5.74) is 4.52. The first kappa shape index (κ1) is 12.5. The lowest BCUT2D eigenvalue weighted by molar-refractivity contribution is 0.412. The van der Waals surface area contributed by atoms with Gasteiger partial charge in [-0.1, -0.05) is 12.1 Å². The lowest BCUT2D eigenvalue weighted by Gasteiger charge is -2.10. The fraction of sp³-hybridized carbons (Fsp3) is 0.188. The summed E-state index contributed by atoms with van der Waals surface area (Å²) in [4.78, 5) is 0. The largest absolute Gasteiger partial charge is 0.494 e. The van der Waals surface area contributed by atoms with E-state index < -0.39 is 0 Å². The molecule has 0 atom stereocenters. The molecule has 4 rings (SSSR count). The molecule has 0 unspecified atom stereocenters. The highest BCUT2D eigenvalue weighted by atomic mass is 32.1. The summed E-state index contributed by atoms with van der Waals surface area (Å²) in [6.07, 6.45) is 1.01. The van der Waals surface area contributed by atoms with Crippen LogP contribution < -0.4 is 10.1 Å². The van der Waals surface area contributed by atoms with Gasteiger partial charge in [0.25, 0.3) is 0 Å². The van der Waals surface area contributed by atoms with Gasteiger partial charge < -0.3 is 10.1 Å². The predicted molar refractivity (Wildman–Crippen MR) is 85.6 cm³/mol. The zero-order valence-corrected chi connectivity index (χ0v) is 12.5. The predicted octanol–water partition coefficient (Wildman–Crippen LogP) is 3.58. The standard InChI is InChI=1S/C16H15N3OS/c1-20-14-5-3-2-4-13(14)19-16-12(6-8-17-16)15(18-19)11-7-9-21-10-11/h2-5,7,9-10,17H,6,8H2,1H3. The van der Waals surface area contributed by atoms with Crippen molar-refractivity contribution >= 4 is 17.2 Å². The van der Waals surface area contributed by atoms with Gasteiger partial charge in [-0.25, -0.2) is 4.68 Å². The number of anilines is 1. The van der Waals surface area contributed by atoms with Gasteiger partial charge in [-0.15, -0.1) is 0 Å². The van der Waals surface area contributed by atoms with E-state index in [4.69, 9.17) is 9.84 Å². The number of benzene rings is 1. The number of rotatable bonds is 3. The molecule has 0 bridgehead atoms. The molecule has 0 radical (unpaired) electrons. The van der Waals surface area contributed by atoms with E-state index in [1.54, 1.807) is 18.4 Å². The Morgan fingerprint density at radius 2 is 2.19 bits per heavy atom. The molecule has 2 aromatic heterocycles. The normalized spacial score (nSPS) is 13.0. The molecule has 3 aromatic rings. The Morgan fingerprint density at radius 1 is 1.29 bits per heavy atom. The first-order valence-electron chi connectivity index (χ1n) is 6.90. The van der Waals surface area contributed by atoms with E-state index in [1.165, 1.54) is 11.1 Å². The molecular formula is C16H15N3OS. The minimum absolute atomic E-state index is 0.827. The molecule has 0 aliphatic carbocycles. The molecule has 1 aliphatic rings. The minimum atomic E-state index is 0.827. The van der Waals surface area contributed by atoms with E-state index in [1.807, 2.05) is 28.9 Å². The second-order valence-corrected chi connectivity index (χ2v) is 5.73. The third kappa shape index (κ3) is 1.93. The van der Waals surface area contributed by atoms with E-state index in [2.05, 4.69) is 22.1 Å². The van der Waals surface area contributed by atoms with Crippen LogP contribution in [0.5, 0.6) is 5.75 Å². The van der Waals surface area contributed by atoms with Gasteiger partial charge >= 0.3 is 0 Å². The quantitative estimate of drug-likeness (QED) is 0.803. The van der Waals surface area contributed by atoms with E-state index in [9.17, 15) is 0 Å². The van der Waals surface area contributed by atoms with Crippen molar-refractivity contribution in [3.05, 3.63) is 46.7 Å². The van der Waals surface area contributed by atoms with Crippen molar-refractivity contribution in [1.82, 2.24) is 9.78 Å². The van der Waals surface area contributed by atoms with Crippen LogP contribution in [0.15, 0.2) is 41.1 Å². The molecule has 4 nitrogen and oxygen atoms in total. The number of methoxy groups -OCH3 is 1. The van der Waals surface area contributed by atoms with Crippen LogP contribution in [0.25, 0.3) is 16.9 Å². The third-order valence-electron chi connectivity index (χ3n) is 3.76. The summed E-state index contributed by atoms with van der Waals surface area (Å²) in [6.45, 7) is 0.958. The van der Waals surface area contributed by atoms with Gasteiger partial charge in [-0.2, -0.15) is 16.4 Å². The van der Waals surface area contributed by atoms with E-state index in [-0.39, 0.29) is 0 Å². The number of para-hydroxylation sites is 2. The molecule has 21 heavy (non-hydrogen) atoms. The lowest BCUT2D eigenvalue weighted by Crippen LogP contribution is -2.05. The van der Waals surface area contributed by atoms with Gasteiger partial charge in [-0.3, -0.25) is 0 Å². The Hall–Kier alpha value is -2.27. The summed E-state index contributed by atoms with van der Waals surface area (Å²) < 4.78 is 7.44. The number of ether oxygens (including phenoxy) is 1. The Bertz CT molecular complexity index is 777. The maximum absolute atomic E-state index is 5.47. The molecule has 1 N–H and O–H groups in total. The third-order valence-corrected chi connectivity index (χ3v) is 4.44. The molecule has 0 fully saturated rings. The maximum Gasteiger partial charge on any atom is 0.144 e. The molecule has 3 heterocycles. The number of nitrogens with zero attached hydrogens (tertiary/aromatic N) is 2. The number of hydrogen-bond donors (Lipinski definition) is 1. The van der Waals surface area contributed by atoms with Crippen molar-refractivity contribution in [3.63, 3.8) is 0 Å². The monoisotopic (exact) mass is 297 g/mol. The Kier molecular flexibility index (Phi) is 2.93. The summed E-state index contributed by atoms with van der Waals surface area (Å²) in [5.74, 6) is 1.91. The molecule has 5 heteroatoms. The lowest BCUT2D eigenvalue weighted by atomic mass is 10.1. The summed E-state index contributed by atoms with van der Waals surface area (Å²) in [6, 6.07) is 10.1. The highest BCUT2D eigenvalue weighted by Crippen LogP contribution is 2.37. The van der Waals surface area contributed by atoms with Crippen molar-refractivity contribution in [2.24, 2.45) is 0 Å². The molecule has 1 aromatic carbocycles. The van der Waals surface area contributed by atoms with Crippen LogP contribution >= 0.6 is 11.3 Å². The molecule has 106 valence electrons. The summed E-state index contributed by atoms with van der Waals surface area (Å²) in [7, 11) is 1.69. The maximum atomic E-state index is 5.47. The Balaban J connectivity index is 1.93. The zero-order chi connectivity index (χ0) is 14.2. The number of fused-ring (bicyclic) bond motifs is 1. The second-order valence-electron chi connectivity index (χ2n) is 4.95. The number of aromatic nitrogens is 2. The highest BCUT2D eigenvalue weighted by Gasteiger charge is 2.25. The number of nitrogens with one attached hydrogen (secondary N) is 1. The summed E-state index contributed by atoms with van der Waals surface area (Å²) in [5, 5.41) is 12.5. The van der Waals surface area contributed by atoms with Gasteiger partial charge in [0.1, 0.15) is 17.3 Å². The van der Waals surface area contributed by atoms with E-state index >= 15 is 0 Å². The van der Waals surface area contributed by atoms with Crippen LogP contribution in [-0.4, -0.2) is 23.4 Å². The van der Waals surface area contributed by atoms with Crippen molar-refractivity contribution in [2.45, 2.75) is 6.42 Å². The van der Waals surface area contributed by atoms with Gasteiger partial charge in [0.05, 0.1) is 12.8 Å². The molecule has 0 amide bonds. The van der Waals surface area contributed by atoms with Crippen LogP contribution in [0, 0.1) is 0 Å². The van der Waals surface area contributed by atoms with Gasteiger partial charge in [-0.05, 0) is 30.0 Å². The SMILES string of the molecule is COc1ccccc1-n1nc(-c2ccsc2)c2c1NCC2. The van der Waals surface area contributed by atoms with Gasteiger partial charge in [0.2, 0.25) is 0 Å². The van der Waals surface area contributed by atoms with Crippen molar-refractivity contribution in [1.29, 1.82) is 0 Å². The number of thiophene rings is 1. The fourth-order valence-corrected chi connectivity index (χ4v) is 3.43. The van der Waals surface area contributed by atoms with Crippen molar-refractivity contribution in [2.75, 3.05) is 19.0 Å². The zero-order valence-electron chi connectivity index (χ0n) is 11.7.